The maximum atomic E-state index is 12.7. The minimum absolute atomic E-state index is 0.0566. The van der Waals surface area contributed by atoms with Crippen molar-refractivity contribution in [3.05, 3.63) is 77.9 Å². The van der Waals surface area contributed by atoms with Crippen molar-refractivity contribution in [2.45, 2.75) is 6.18 Å². The molecular weight excluding hydrogens is 411 g/mol. The van der Waals surface area contributed by atoms with Gasteiger partial charge in [0, 0.05) is 16.5 Å². The van der Waals surface area contributed by atoms with Crippen molar-refractivity contribution in [2.75, 3.05) is 7.11 Å². The second kappa shape index (κ2) is 7.71. The number of rotatable bonds is 5. The number of fused-ring (bicyclic) bond motifs is 1. The largest absolute Gasteiger partial charge is 0.497 e. The highest BCUT2D eigenvalue weighted by Gasteiger charge is 2.30. The van der Waals surface area contributed by atoms with Gasteiger partial charge < -0.3 is 19.6 Å². The molecule has 0 bridgehead atoms. The Hall–Kier alpha value is -3.94. The second-order valence-corrected chi connectivity index (χ2v) is 6.74. The summed E-state index contributed by atoms with van der Waals surface area (Å²) in [5, 5.41) is 10.2. The molecule has 0 atom stereocenters. The first-order valence-electron chi connectivity index (χ1n) is 9.15. The van der Waals surface area contributed by atoms with E-state index in [4.69, 9.17) is 9.47 Å². The summed E-state index contributed by atoms with van der Waals surface area (Å²) >= 11 is 0. The zero-order valence-corrected chi connectivity index (χ0v) is 16.2. The standard InChI is InChI=1S/C23H16F3NO4/c1-30-16-4-2-3-13(11-16)21-20(22(28)29)18-12-17(9-10-19(18)27-21)31-15-7-5-14(6-8-15)23(24,25)26/h2-12,27H,1H3,(H,28,29). The van der Waals surface area contributed by atoms with E-state index in [1.807, 2.05) is 0 Å². The Balaban J connectivity index is 1.73. The third-order valence-corrected chi connectivity index (χ3v) is 4.76. The predicted octanol–water partition coefficient (Wildman–Crippen LogP) is 6.35. The summed E-state index contributed by atoms with van der Waals surface area (Å²) in [5.74, 6) is -0.0479. The summed E-state index contributed by atoms with van der Waals surface area (Å²) in [4.78, 5) is 15.1. The molecule has 0 aliphatic heterocycles. The molecule has 3 aromatic carbocycles. The van der Waals surface area contributed by atoms with Crippen LogP contribution in [0.5, 0.6) is 17.2 Å². The molecule has 0 fully saturated rings. The van der Waals surface area contributed by atoms with Gasteiger partial charge in [-0.1, -0.05) is 12.1 Å². The van der Waals surface area contributed by atoms with E-state index in [-0.39, 0.29) is 11.3 Å². The van der Waals surface area contributed by atoms with Crippen LogP contribution in [0.4, 0.5) is 13.2 Å². The average Bonchev–Trinajstić information content (AvgIpc) is 3.12. The Morgan fingerprint density at radius 3 is 2.29 bits per heavy atom. The van der Waals surface area contributed by atoms with Crippen LogP contribution in [0.15, 0.2) is 66.7 Å². The molecule has 0 aliphatic rings. The lowest BCUT2D eigenvalue weighted by atomic mass is 10.0. The van der Waals surface area contributed by atoms with E-state index in [0.717, 1.165) is 12.1 Å². The number of carboxylic acids is 1. The Bertz CT molecular complexity index is 1260. The number of aromatic amines is 1. The lowest BCUT2D eigenvalue weighted by Gasteiger charge is -2.09. The van der Waals surface area contributed by atoms with Crippen LogP contribution >= 0.6 is 0 Å². The Labute approximate surface area is 174 Å². The Morgan fingerprint density at radius 1 is 0.935 bits per heavy atom. The molecule has 1 aromatic heterocycles. The molecule has 4 aromatic rings. The highest BCUT2D eigenvalue weighted by Crippen LogP contribution is 2.36. The number of halogens is 3. The van der Waals surface area contributed by atoms with Gasteiger partial charge in [-0.3, -0.25) is 0 Å². The zero-order valence-electron chi connectivity index (χ0n) is 16.2. The van der Waals surface area contributed by atoms with Gasteiger partial charge in [0.05, 0.1) is 23.9 Å². The third-order valence-electron chi connectivity index (χ3n) is 4.76. The minimum atomic E-state index is -4.44. The number of aromatic carboxylic acids is 1. The number of ether oxygens (including phenoxy) is 2. The van der Waals surface area contributed by atoms with Crippen molar-refractivity contribution in [2.24, 2.45) is 0 Å². The summed E-state index contributed by atoms with van der Waals surface area (Å²) in [6.07, 6.45) is -4.44. The molecule has 0 saturated heterocycles. The SMILES string of the molecule is COc1cccc(-c2[nH]c3ccc(Oc4ccc(C(F)(F)F)cc4)cc3c2C(=O)O)c1. The fraction of sp³-hybridized carbons (Fsp3) is 0.0870. The molecule has 31 heavy (non-hydrogen) atoms. The number of alkyl halides is 3. The number of hydrogen-bond donors (Lipinski definition) is 2. The molecule has 0 saturated carbocycles. The number of carboxylic acid groups (broad SMARTS) is 1. The highest BCUT2D eigenvalue weighted by molar-refractivity contribution is 6.09. The normalized spacial score (nSPS) is 11.5. The first kappa shape index (κ1) is 20.3. The fourth-order valence-corrected chi connectivity index (χ4v) is 3.30. The number of methoxy groups -OCH3 is 1. The molecule has 158 valence electrons. The molecule has 0 spiro atoms. The van der Waals surface area contributed by atoms with Crippen LogP contribution in [0, 0.1) is 0 Å². The van der Waals surface area contributed by atoms with Gasteiger partial charge in [0.15, 0.2) is 0 Å². The van der Waals surface area contributed by atoms with Crippen LogP contribution < -0.4 is 9.47 Å². The van der Waals surface area contributed by atoms with Gasteiger partial charge in [-0.15, -0.1) is 0 Å². The van der Waals surface area contributed by atoms with Gasteiger partial charge in [0.2, 0.25) is 0 Å². The van der Waals surface area contributed by atoms with Crippen LogP contribution in [-0.4, -0.2) is 23.2 Å². The number of aromatic nitrogens is 1. The van der Waals surface area contributed by atoms with Crippen LogP contribution in [0.2, 0.25) is 0 Å². The van der Waals surface area contributed by atoms with Crippen LogP contribution in [0.3, 0.4) is 0 Å². The predicted molar refractivity (Wildman–Crippen MR) is 109 cm³/mol. The first-order chi connectivity index (χ1) is 14.8. The van der Waals surface area contributed by atoms with Crippen molar-refractivity contribution >= 4 is 16.9 Å². The van der Waals surface area contributed by atoms with Gasteiger partial charge in [-0.25, -0.2) is 4.79 Å². The van der Waals surface area contributed by atoms with E-state index < -0.39 is 17.7 Å². The number of hydrogen-bond acceptors (Lipinski definition) is 3. The molecule has 0 aliphatic carbocycles. The van der Waals surface area contributed by atoms with Crippen molar-refractivity contribution in [1.82, 2.24) is 4.98 Å². The smallest absolute Gasteiger partial charge is 0.416 e. The number of carbonyl (C=O) groups is 1. The lowest BCUT2D eigenvalue weighted by Crippen LogP contribution is -2.03. The minimum Gasteiger partial charge on any atom is -0.497 e. The zero-order chi connectivity index (χ0) is 22.2. The first-order valence-corrected chi connectivity index (χ1v) is 9.15. The average molecular weight is 427 g/mol. The van der Waals surface area contributed by atoms with Gasteiger partial charge in [0.1, 0.15) is 17.2 Å². The lowest BCUT2D eigenvalue weighted by molar-refractivity contribution is -0.137. The summed E-state index contributed by atoms with van der Waals surface area (Å²) in [6.45, 7) is 0. The molecule has 5 nitrogen and oxygen atoms in total. The summed E-state index contributed by atoms with van der Waals surface area (Å²) in [6, 6.07) is 16.1. The van der Waals surface area contributed by atoms with E-state index in [1.165, 1.54) is 25.3 Å². The van der Waals surface area contributed by atoms with Crippen LogP contribution in [-0.2, 0) is 6.18 Å². The summed E-state index contributed by atoms with van der Waals surface area (Å²) in [7, 11) is 1.52. The molecule has 0 unspecified atom stereocenters. The summed E-state index contributed by atoms with van der Waals surface area (Å²) < 4.78 is 49.0. The van der Waals surface area contributed by atoms with Gasteiger partial charge in [-0.2, -0.15) is 13.2 Å². The van der Waals surface area contributed by atoms with E-state index in [9.17, 15) is 23.1 Å². The molecule has 4 rings (SSSR count). The number of nitrogens with one attached hydrogen (secondary N) is 1. The molecule has 2 N–H and O–H groups in total. The van der Waals surface area contributed by atoms with Gasteiger partial charge >= 0.3 is 12.1 Å². The van der Waals surface area contributed by atoms with E-state index in [2.05, 4.69) is 4.98 Å². The Kier molecular flexibility index (Phi) is 5.06. The quantitative estimate of drug-likeness (QED) is 0.389. The molecule has 1 heterocycles. The molecular formula is C23H16F3NO4. The number of benzene rings is 3. The van der Waals surface area contributed by atoms with Crippen molar-refractivity contribution < 1.29 is 32.5 Å². The van der Waals surface area contributed by atoms with Gasteiger partial charge in [-0.05, 0) is 54.6 Å². The fourth-order valence-electron chi connectivity index (χ4n) is 3.30. The maximum absolute atomic E-state index is 12.7. The molecule has 8 heteroatoms. The maximum Gasteiger partial charge on any atom is 0.416 e. The van der Waals surface area contributed by atoms with E-state index >= 15 is 0 Å². The molecule has 0 amide bonds. The van der Waals surface area contributed by atoms with E-state index in [0.29, 0.717) is 33.7 Å². The number of H-pyrrole nitrogens is 1. The monoisotopic (exact) mass is 427 g/mol. The molecule has 0 radical (unpaired) electrons. The van der Waals surface area contributed by atoms with Crippen molar-refractivity contribution in [1.29, 1.82) is 0 Å². The van der Waals surface area contributed by atoms with Crippen LogP contribution in [0.1, 0.15) is 15.9 Å². The third kappa shape index (κ3) is 4.05. The van der Waals surface area contributed by atoms with Crippen LogP contribution in [0.25, 0.3) is 22.2 Å². The summed E-state index contributed by atoms with van der Waals surface area (Å²) in [5.41, 5.74) is 0.902. The Morgan fingerprint density at radius 2 is 1.65 bits per heavy atom. The van der Waals surface area contributed by atoms with Crippen molar-refractivity contribution in [3.8, 4) is 28.5 Å². The topological polar surface area (TPSA) is 71.5 Å². The van der Waals surface area contributed by atoms with E-state index in [1.54, 1.807) is 36.4 Å². The van der Waals surface area contributed by atoms with Crippen molar-refractivity contribution in [3.63, 3.8) is 0 Å². The second-order valence-electron chi connectivity index (χ2n) is 6.74. The highest BCUT2D eigenvalue weighted by atomic mass is 19.4. The van der Waals surface area contributed by atoms with Gasteiger partial charge in [0.25, 0.3) is 0 Å².